The van der Waals surface area contributed by atoms with Gasteiger partial charge in [-0.25, -0.2) is 0 Å². The Hall–Kier alpha value is -2.62. The van der Waals surface area contributed by atoms with Crippen LogP contribution in [0.5, 0.6) is 0 Å². The summed E-state index contributed by atoms with van der Waals surface area (Å²) in [6.45, 7) is 4.40. The van der Waals surface area contributed by atoms with Crippen LogP contribution < -0.4 is 0 Å². The Morgan fingerprint density at radius 2 is 0.875 bits per heavy atom. The van der Waals surface area contributed by atoms with Crippen molar-refractivity contribution in [2.75, 3.05) is 0 Å². The maximum atomic E-state index is 12.6. The lowest BCUT2D eigenvalue weighted by Crippen LogP contribution is -2.18. The molecule has 48 heavy (non-hydrogen) atoms. The molecular formula is C44H74O4. The summed E-state index contributed by atoms with van der Waals surface area (Å²) in [4.78, 5) is 23.2. The van der Waals surface area contributed by atoms with Crippen LogP contribution in [-0.4, -0.2) is 23.1 Å². The molecule has 0 aliphatic heterocycles. The molecule has 1 N–H and O–H groups in total. The van der Waals surface area contributed by atoms with Crippen LogP contribution in [0.3, 0.4) is 0 Å². The second-order valence-electron chi connectivity index (χ2n) is 13.1. The van der Waals surface area contributed by atoms with E-state index in [2.05, 4.69) is 86.8 Å². The average Bonchev–Trinajstić information content (AvgIpc) is 3.07. The molecular weight excluding hydrogens is 592 g/mol. The number of unbranched alkanes of at least 4 members (excludes halogenated alkanes) is 14. The lowest BCUT2D eigenvalue weighted by molar-refractivity contribution is -0.150. The van der Waals surface area contributed by atoms with Gasteiger partial charge >= 0.3 is 11.9 Å². The minimum absolute atomic E-state index is 0.0146. The van der Waals surface area contributed by atoms with Crippen molar-refractivity contribution in [3.63, 3.8) is 0 Å². The largest absolute Gasteiger partial charge is 0.481 e. The van der Waals surface area contributed by atoms with Crippen LogP contribution in [0.25, 0.3) is 0 Å². The summed E-state index contributed by atoms with van der Waals surface area (Å²) < 4.78 is 5.98. The second kappa shape index (κ2) is 38.8. The van der Waals surface area contributed by atoms with Gasteiger partial charge in [0.25, 0.3) is 0 Å². The molecule has 0 aromatic heterocycles. The van der Waals surface area contributed by atoms with Crippen molar-refractivity contribution in [1.82, 2.24) is 0 Å². The first-order valence-electron chi connectivity index (χ1n) is 19.9. The summed E-state index contributed by atoms with van der Waals surface area (Å²) in [5.74, 6) is -0.698. The quantitative estimate of drug-likeness (QED) is 0.0415. The number of carbonyl (C=O) groups excluding carboxylic acids is 1. The van der Waals surface area contributed by atoms with E-state index in [0.717, 1.165) is 103 Å². The maximum Gasteiger partial charge on any atom is 0.306 e. The summed E-state index contributed by atoms with van der Waals surface area (Å²) in [6, 6.07) is 0. The lowest BCUT2D eigenvalue weighted by Gasteiger charge is -2.18. The number of carboxylic acid groups (broad SMARTS) is 1. The fraction of sp³-hybridized carbons (Fsp3) is 0.682. The molecule has 274 valence electrons. The number of hydrogen-bond donors (Lipinski definition) is 1. The zero-order chi connectivity index (χ0) is 35.0. The summed E-state index contributed by atoms with van der Waals surface area (Å²) in [7, 11) is 0. The van der Waals surface area contributed by atoms with Crippen LogP contribution in [0.4, 0.5) is 0 Å². The molecule has 0 bridgehead atoms. The first kappa shape index (κ1) is 45.4. The Bertz CT molecular complexity index is 892. The monoisotopic (exact) mass is 667 g/mol. The highest BCUT2D eigenvalue weighted by atomic mass is 16.5. The minimum Gasteiger partial charge on any atom is -0.481 e. The zero-order valence-corrected chi connectivity index (χ0v) is 31.3. The van der Waals surface area contributed by atoms with Gasteiger partial charge in [0.2, 0.25) is 0 Å². The van der Waals surface area contributed by atoms with Gasteiger partial charge in [-0.15, -0.1) is 0 Å². The number of esters is 1. The number of aliphatic carboxylic acids is 1. The molecule has 0 rings (SSSR count). The molecule has 0 aliphatic rings. The van der Waals surface area contributed by atoms with Crippen molar-refractivity contribution in [3.05, 3.63) is 72.9 Å². The van der Waals surface area contributed by atoms with Crippen LogP contribution >= 0.6 is 0 Å². The van der Waals surface area contributed by atoms with Crippen molar-refractivity contribution < 1.29 is 19.4 Å². The number of carboxylic acids is 1. The maximum absolute atomic E-state index is 12.6. The van der Waals surface area contributed by atoms with Crippen molar-refractivity contribution in [3.8, 4) is 0 Å². The van der Waals surface area contributed by atoms with E-state index in [1.807, 2.05) is 0 Å². The van der Waals surface area contributed by atoms with E-state index >= 15 is 0 Å². The van der Waals surface area contributed by atoms with Crippen molar-refractivity contribution in [2.45, 2.75) is 193 Å². The van der Waals surface area contributed by atoms with Crippen LogP contribution in [0.2, 0.25) is 0 Å². The van der Waals surface area contributed by atoms with E-state index in [4.69, 9.17) is 9.84 Å². The zero-order valence-electron chi connectivity index (χ0n) is 31.3. The molecule has 1 atom stereocenters. The van der Waals surface area contributed by atoms with Crippen LogP contribution in [0.1, 0.15) is 187 Å². The summed E-state index contributed by atoms with van der Waals surface area (Å²) >= 11 is 0. The highest BCUT2D eigenvalue weighted by Gasteiger charge is 2.14. The molecule has 0 aromatic rings. The molecule has 4 heteroatoms. The number of rotatable bonds is 35. The van der Waals surface area contributed by atoms with Gasteiger partial charge in [0.1, 0.15) is 6.10 Å². The Morgan fingerprint density at radius 3 is 1.33 bits per heavy atom. The van der Waals surface area contributed by atoms with Gasteiger partial charge < -0.3 is 9.84 Å². The summed E-state index contributed by atoms with van der Waals surface area (Å²) in [5.41, 5.74) is 0. The van der Waals surface area contributed by atoms with E-state index in [9.17, 15) is 9.59 Å². The van der Waals surface area contributed by atoms with Gasteiger partial charge in [-0.1, -0.05) is 157 Å². The van der Waals surface area contributed by atoms with Crippen LogP contribution in [0, 0.1) is 0 Å². The van der Waals surface area contributed by atoms with Gasteiger partial charge in [-0.05, 0) is 89.9 Å². The Morgan fingerprint density at radius 1 is 0.479 bits per heavy atom. The van der Waals surface area contributed by atoms with E-state index in [1.54, 1.807) is 0 Å². The van der Waals surface area contributed by atoms with Crippen molar-refractivity contribution in [1.29, 1.82) is 0 Å². The average molecular weight is 667 g/mol. The molecule has 1 unspecified atom stereocenters. The SMILES string of the molecule is CC/C=C\C/C=C\C/C=C\C/C=C\C/C=C\C/C=C\CCCCC(=O)OC(CCCCCCC)CCCCCCCCCCCC(=O)O. The highest BCUT2D eigenvalue weighted by molar-refractivity contribution is 5.69. The lowest BCUT2D eigenvalue weighted by atomic mass is 10.0. The van der Waals surface area contributed by atoms with E-state index in [0.29, 0.717) is 12.8 Å². The Balaban J connectivity index is 3.99. The summed E-state index contributed by atoms with van der Waals surface area (Å²) in [5, 5.41) is 8.71. The molecule has 0 aliphatic carbocycles. The number of carbonyl (C=O) groups is 2. The molecule has 4 nitrogen and oxygen atoms in total. The van der Waals surface area contributed by atoms with Crippen LogP contribution in [-0.2, 0) is 14.3 Å². The van der Waals surface area contributed by atoms with Gasteiger partial charge in [-0.2, -0.15) is 0 Å². The van der Waals surface area contributed by atoms with E-state index < -0.39 is 5.97 Å². The Kier molecular flexibility index (Phi) is 36.7. The van der Waals surface area contributed by atoms with Gasteiger partial charge in [0.05, 0.1) is 0 Å². The van der Waals surface area contributed by atoms with E-state index in [-0.39, 0.29) is 12.1 Å². The van der Waals surface area contributed by atoms with Crippen LogP contribution in [0.15, 0.2) is 72.9 Å². The summed E-state index contributed by atoms with van der Waals surface area (Å²) in [6.07, 6.45) is 55.1. The molecule has 0 radical (unpaired) electrons. The van der Waals surface area contributed by atoms with Gasteiger partial charge in [0, 0.05) is 12.8 Å². The molecule has 0 amide bonds. The fourth-order valence-electron chi connectivity index (χ4n) is 5.54. The van der Waals surface area contributed by atoms with Crippen molar-refractivity contribution in [2.24, 2.45) is 0 Å². The number of allylic oxidation sites excluding steroid dienone is 12. The number of hydrogen-bond acceptors (Lipinski definition) is 3. The first-order valence-corrected chi connectivity index (χ1v) is 19.9. The van der Waals surface area contributed by atoms with Gasteiger partial charge in [0.15, 0.2) is 0 Å². The molecule has 0 saturated heterocycles. The molecule has 0 fully saturated rings. The first-order chi connectivity index (χ1) is 23.6. The third-order valence-electron chi connectivity index (χ3n) is 8.44. The minimum atomic E-state index is -0.684. The van der Waals surface area contributed by atoms with Gasteiger partial charge in [-0.3, -0.25) is 9.59 Å². The second-order valence-corrected chi connectivity index (χ2v) is 13.1. The Labute approximate surface area is 297 Å². The molecule has 0 spiro atoms. The topological polar surface area (TPSA) is 63.6 Å². The molecule has 0 saturated carbocycles. The third kappa shape index (κ3) is 37.8. The fourth-order valence-corrected chi connectivity index (χ4v) is 5.54. The third-order valence-corrected chi connectivity index (χ3v) is 8.44. The van der Waals surface area contributed by atoms with E-state index in [1.165, 1.54) is 57.8 Å². The predicted octanol–water partition coefficient (Wildman–Crippen LogP) is 13.9. The number of ether oxygens (including phenoxy) is 1. The standard InChI is InChI=1S/C44H74O4/c1-3-5-7-9-10-11-12-13-14-15-16-17-18-19-20-21-22-26-29-33-37-41-44(47)48-42(38-34-30-8-6-4-2)39-35-31-27-24-23-25-28-32-36-40-43(45)46/h5,7,10-11,13-14,16-17,19-20,22,26,42H,3-4,6,8-9,12,15,18,21,23-25,27-41H2,1-2H3,(H,45,46)/b7-5-,11-10-,14-13-,17-16-,20-19-,26-22-. The predicted molar refractivity (Wildman–Crippen MR) is 208 cm³/mol. The normalized spacial score (nSPS) is 13.0. The molecule has 0 heterocycles. The molecule has 0 aromatic carbocycles. The smallest absolute Gasteiger partial charge is 0.306 e. The highest BCUT2D eigenvalue weighted by Crippen LogP contribution is 2.18. The van der Waals surface area contributed by atoms with Crippen molar-refractivity contribution >= 4 is 11.9 Å².